The minimum absolute atomic E-state index is 0.0860. The molecule has 0 unspecified atom stereocenters. The van der Waals surface area contributed by atoms with Crippen molar-refractivity contribution in [2.24, 2.45) is 5.73 Å². The number of aryl methyl sites for hydroxylation is 1. The summed E-state index contributed by atoms with van der Waals surface area (Å²) < 4.78 is 26.7. The number of aliphatic hydroxyl groups is 1. The zero-order chi connectivity index (χ0) is 23.8. The van der Waals surface area contributed by atoms with E-state index in [1.54, 1.807) is 6.07 Å². The van der Waals surface area contributed by atoms with Crippen LogP contribution < -0.4 is 20.5 Å². The Balaban J connectivity index is 1.60. The van der Waals surface area contributed by atoms with Crippen LogP contribution in [0.3, 0.4) is 0 Å². The van der Waals surface area contributed by atoms with Gasteiger partial charge in [-0.2, -0.15) is 0 Å². The Morgan fingerprint density at radius 1 is 1.21 bits per heavy atom. The predicted molar refractivity (Wildman–Crippen MR) is 126 cm³/mol. The Kier molecular flexibility index (Phi) is 8.68. The molecular weight excluding hydrogens is 425 g/mol. The first-order chi connectivity index (χ1) is 15.9. The van der Waals surface area contributed by atoms with Crippen LogP contribution in [0.15, 0.2) is 42.6 Å². The highest BCUT2D eigenvalue weighted by atomic mass is 19.1. The van der Waals surface area contributed by atoms with E-state index in [1.165, 1.54) is 12.1 Å². The molecule has 3 aromatic rings. The lowest BCUT2D eigenvalue weighted by atomic mass is 10.0. The SMILES string of the molecule is CCOc1ccc(F)cc1OCCN[C@H](C)Cc1cc(C(N)=O)c2c(ccn2CCCO)c1. The summed E-state index contributed by atoms with van der Waals surface area (Å²) in [4.78, 5) is 12.1. The van der Waals surface area contributed by atoms with Crippen LogP contribution in [0.5, 0.6) is 11.5 Å². The molecule has 178 valence electrons. The van der Waals surface area contributed by atoms with Gasteiger partial charge < -0.3 is 30.2 Å². The molecule has 0 saturated carbocycles. The highest BCUT2D eigenvalue weighted by Gasteiger charge is 2.15. The molecule has 4 N–H and O–H groups in total. The predicted octanol–water partition coefficient (Wildman–Crippen LogP) is 3.26. The molecule has 2 aromatic carbocycles. The number of rotatable bonds is 13. The molecule has 0 aliphatic rings. The largest absolute Gasteiger partial charge is 0.490 e. The van der Waals surface area contributed by atoms with E-state index in [0.717, 1.165) is 16.5 Å². The Labute approximate surface area is 193 Å². The zero-order valence-corrected chi connectivity index (χ0v) is 19.1. The summed E-state index contributed by atoms with van der Waals surface area (Å²) in [6, 6.07) is 10.2. The molecule has 0 aliphatic carbocycles. The van der Waals surface area contributed by atoms with Gasteiger partial charge in [0.1, 0.15) is 12.4 Å². The van der Waals surface area contributed by atoms with Crippen LogP contribution in [0, 0.1) is 5.82 Å². The van der Waals surface area contributed by atoms with Gasteiger partial charge in [-0.25, -0.2) is 4.39 Å². The number of halogens is 1. The van der Waals surface area contributed by atoms with Crippen LogP contribution in [0.2, 0.25) is 0 Å². The van der Waals surface area contributed by atoms with E-state index < -0.39 is 5.91 Å². The van der Waals surface area contributed by atoms with E-state index >= 15 is 0 Å². The maximum atomic E-state index is 13.5. The van der Waals surface area contributed by atoms with Gasteiger partial charge in [-0.05, 0) is 62.6 Å². The molecule has 8 heteroatoms. The Morgan fingerprint density at radius 2 is 2.03 bits per heavy atom. The molecule has 0 fully saturated rings. The van der Waals surface area contributed by atoms with E-state index in [1.807, 2.05) is 36.7 Å². The number of ether oxygens (including phenoxy) is 2. The van der Waals surface area contributed by atoms with E-state index in [2.05, 4.69) is 11.4 Å². The molecule has 7 nitrogen and oxygen atoms in total. The van der Waals surface area contributed by atoms with Crippen molar-refractivity contribution >= 4 is 16.8 Å². The Hall–Kier alpha value is -3.10. The van der Waals surface area contributed by atoms with Crippen LogP contribution in [-0.2, 0) is 13.0 Å². The smallest absolute Gasteiger partial charge is 0.250 e. The number of carbonyl (C=O) groups excluding carboxylic acids is 1. The van der Waals surface area contributed by atoms with E-state index in [0.29, 0.717) is 56.2 Å². The van der Waals surface area contributed by atoms with Gasteiger partial charge in [0.05, 0.1) is 17.7 Å². The average Bonchev–Trinajstić information content (AvgIpc) is 3.19. The van der Waals surface area contributed by atoms with Gasteiger partial charge in [0.15, 0.2) is 11.5 Å². The number of fused-ring (bicyclic) bond motifs is 1. The Bertz CT molecular complexity index is 1080. The molecule has 0 bridgehead atoms. The first kappa shape index (κ1) is 24.5. The first-order valence-electron chi connectivity index (χ1n) is 11.2. The van der Waals surface area contributed by atoms with Crippen molar-refractivity contribution < 1.29 is 23.8 Å². The van der Waals surface area contributed by atoms with Crippen molar-refractivity contribution in [3.63, 3.8) is 0 Å². The number of benzene rings is 2. The summed E-state index contributed by atoms with van der Waals surface area (Å²) in [6.45, 7) is 6.00. The second-order valence-electron chi connectivity index (χ2n) is 7.96. The lowest BCUT2D eigenvalue weighted by Gasteiger charge is -2.16. The minimum Gasteiger partial charge on any atom is -0.490 e. The van der Waals surface area contributed by atoms with Gasteiger partial charge in [0.25, 0.3) is 5.91 Å². The van der Waals surface area contributed by atoms with Crippen molar-refractivity contribution in [2.45, 2.75) is 39.3 Å². The number of nitrogens with zero attached hydrogens (tertiary/aromatic N) is 1. The molecule has 3 rings (SSSR count). The number of nitrogens with one attached hydrogen (secondary N) is 1. The fourth-order valence-corrected chi connectivity index (χ4v) is 3.91. The summed E-state index contributed by atoms with van der Waals surface area (Å²) in [5, 5.41) is 13.5. The molecule has 1 atom stereocenters. The van der Waals surface area contributed by atoms with Crippen LogP contribution in [-0.4, -0.2) is 48.0 Å². The van der Waals surface area contributed by atoms with Crippen molar-refractivity contribution in [2.75, 3.05) is 26.4 Å². The van der Waals surface area contributed by atoms with Gasteiger partial charge in [-0.3, -0.25) is 4.79 Å². The molecule has 0 aliphatic heterocycles. The molecule has 1 amide bonds. The maximum Gasteiger partial charge on any atom is 0.250 e. The summed E-state index contributed by atoms with van der Waals surface area (Å²) in [7, 11) is 0. The van der Waals surface area contributed by atoms with E-state index in [-0.39, 0.29) is 18.5 Å². The van der Waals surface area contributed by atoms with E-state index in [4.69, 9.17) is 20.3 Å². The molecule has 0 saturated heterocycles. The quantitative estimate of drug-likeness (QED) is 0.342. The molecule has 1 aromatic heterocycles. The third kappa shape index (κ3) is 6.46. The van der Waals surface area contributed by atoms with Crippen molar-refractivity contribution in [1.82, 2.24) is 9.88 Å². The minimum atomic E-state index is -0.472. The molecule has 0 spiro atoms. The van der Waals surface area contributed by atoms with Crippen molar-refractivity contribution in [3.05, 3.63) is 59.5 Å². The van der Waals surface area contributed by atoms with E-state index in [9.17, 15) is 9.18 Å². The highest BCUT2D eigenvalue weighted by molar-refractivity contribution is 6.05. The summed E-state index contributed by atoms with van der Waals surface area (Å²) in [5.41, 5.74) is 7.95. The van der Waals surface area contributed by atoms with Gasteiger partial charge in [0, 0.05) is 43.4 Å². The lowest BCUT2D eigenvalue weighted by molar-refractivity contribution is 0.100. The summed E-state index contributed by atoms with van der Waals surface area (Å²) >= 11 is 0. The van der Waals surface area contributed by atoms with Crippen LogP contribution in [0.25, 0.3) is 10.9 Å². The molecular formula is C25H32FN3O4. The summed E-state index contributed by atoms with van der Waals surface area (Å²) in [6.07, 6.45) is 3.22. The topological polar surface area (TPSA) is 98.7 Å². The van der Waals surface area contributed by atoms with Crippen LogP contribution in [0.1, 0.15) is 36.2 Å². The number of amides is 1. The van der Waals surface area contributed by atoms with Gasteiger partial charge in [0.2, 0.25) is 0 Å². The summed E-state index contributed by atoms with van der Waals surface area (Å²) in [5.74, 6) is 0.0550. The number of primary amides is 1. The zero-order valence-electron chi connectivity index (χ0n) is 19.1. The number of hydrogen-bond acceptors (Lipinski definition) is 5. The fraction of sp³-hybridized carbons (Fsp3) is 0.400. The molecule has 1 heterocycles. The van der Waals surface area contributed by atoms with Crippen molar-refractivity contribution in [3.8, 4) is 11.5 Å². The fourth-order valence-electron chi connectivity index (χ4n) is 3.91. The number of carbonyl (C=O) groups is 1. The standard InChI is InChI=1S/C25H32FN3O4/c1-3-32-22-6-5-20(26)16-23(22)33-12-8-28-17(2)13-18-14-19-7-10-29(9-4-11-30)24(19)21(15-18)25(27)31/h5-7,10,14-17,28,30H,3-4,8-9,11-13H2,1-2H3,(H2,27,31)/t17-/m1/s1. The van der Waals surface area contributed by atoms with Gasteiger partial charge >= 0.3 is 0 Å². The lowest BCUT2D eigenvalue weighted by Crippen LogP contribution is -2.32. The monoisotopic (exact) mass is 457 g/mol. The van der Waals surface area contributed by atoms with Crippen LogP contribution >= 0.6 is 0 Å². The highest BCUT2D eigenvalue weighted by Crippen LogP contribution is 2.28. The number of hydrogen-bond donors (Lipinski definition) is 3. The normalized spacial score (nSPS) is 12.1. The first-order valence-corrected chi connectivity index (χ1v) is 11.2. The molecule has 0 radical (unpaired) electrons. The Morgan fingerprint density at radius 3 is 2.76 bits per heavy atom. The average molecular weight is 458 g/mol. The van der Waals surface area contributed by atoms with Crippen molar-refractivity contribution in [1.29, 1.82) is 0 Å². The maximum absolute atomic E-state index is 13.5. The van der Waals surface area contributed by atoms with Gasteiger partial charge in [-0.15, -0.1) is 0 Å². The third-order valence-electron chi connectivity index (χ3n) is 5.34. The second kappa shape index (κ2) is 11.7. The number of aliphatic hydroxyl groups excluding tert-OH is 1. The second-order valence-corrected chi connectivity index (χ2v) is 7.96. The van der Waals surface area contributed by atoms with Crippen LogP contribution in [0.4, 0.5) is 4.39 Å². The third-order valence-corrected chi connectivity index (χ3v) is 5.34. The van der Waals surface area contributed by atoms with Gasteiger partial charge in [-0.1, -0.05) is 0 Å². The number of nitrogens with two attached hydrogens (primary N) is 1. The molecule has 33 heavy (non-hydrogen) atoms. The number of aromatic nitrogens is 1.